The Morgan fingerprint density at radius 3 is 2.47 bits per heavy atom. The van der Waals surface area contributed by atoms with E-state index < -0.39 is 11.5 Å². The van der Waals surface area contributed by atoms with Crippen molar-refractivity contribution in [3.63, 3.8) is 0 Å². The number of carbonyl (C=O) groups is 2. The van der Waals surface area contributed by atoms with Gasteiger partial charge in [-0.05, 0) is 26.2 Å². The fourth-order valence-electron chi connectivity index (χ4n) is 1.94. The minimum absolute atomic E-state index is 0.0783. The Morgan fingerprint density at radius 1 is 1.41 bits per heavy atom. The van der Waals surface area contributed by atoms with E-state index in [1.165, 1.54) is 0 Å². The second-order valence-electron chi connectivity index (χ2n) is 4.82. The van der Waals surface area contributed by atoms with Gasteiger partial charge < -0.3 is 16.4 Å². The van der Waals surface area contributed by atoms with Crippen molar-refractivity contribution in [1.82, 2.24) is 10.6 Å². The Bertz CT molecular complexity index is 282. The number of nitrogens with two attached hydrogens (primary N) is 1. The van der Waals surface area contributed by atoms with Gasteiger partial charge in [-0.25, -0.2) is 0 Å². The lowest BCUT2D eigenvalue weighted by Gasteiger charge is -2.39. The molecule has 4 N–H and O–H groups in total. The summed E-state index contributed by atoms with van der Waals surface area (Å²) in [6, 6.07) is -0.488. The molecule has 0 aromatic carbocycles. The Labute approximate surface area is 103 Å². The van der Waals surface area contributed by atoms with E-state index in [0.717, 1.165) is 25.7 Å². The highest BCUT2D eigenvalue weighted by Gasteiger charge is 2.43. The summed E-state index contributed by atoms with van der Waals surface area (Å²) in [5, 5.41) is 5.51. The van der Waals surface area contributed by atoms with Crippen LogP contribution in [0.25, 0.3) is 0 Å². The molecule has 98 valence electrons. The highest BCUT2D eigenvalue weighted by molar-refractivity contribution is 5.90. The van der Waals surface area contributed by atoms with Crippen molar-refractivity contribution < 1.29 is 9.59 Å². The average molecular weight is 241 g/mol. The maximum absolute atomic E-state index is 12.0. The molecule has 0 aliphatic heterocycles. The van der Waals surface area contributed by atoms with Crippen molar-refractivity contribution in [2.45, 2.75) is 45.6 Å². The number of carbonyl (C=O) groups excluding carboxylic acids is 2. The maximum atomic E-state index is 12.0. The molecule has 1 rings (SSSR count). The summed E-state index contributed by atoms with van der Waals surface area (Å²) in [7, 11) is 0. The molecule has 2 amide bonds. The van der Waals surface area contributed by atoms with Gasteiger partial charge in [-0.2, -0.15) is 0 Å². The fourth-order valence-corrected chi connectivity index (χ4v) is 1.94. The van der Waals surface area contributed by atoms with Crippen molar-refractivity contribution in [1.29, 1.82) is 0 Å². The third-order valence-electron chi connectivity index (χ3n) is 3.47. The van der Waals surface area contributed by atoms with Crippen molar-refractivity contribution in [3.8, 4) is 0 Å². The first-order chi connectivity index (χ1) is 8.05. The van der Waals surface area contributed by atoms with E-state index in [-0.39, 0.29) is 11.8 Å². The van der Waals surface area contributed by atoms with E-state index >= 15 is 0 Å². The van der Waals surface area contributed by atoms with Crippen LogP contribution in [0.4, 0.5) is 0 Å². The summed E-state index contributed by atoms with van der Waals surface area (Å²) in [6.45, 7) is 4.69. The number of hydrogen-bond donors (Lipinski definition) is 3. The molecule has 1 saturated carbocycles. The molecular weight excluding hydrogens is 218 g/mol. The minimum Gasteiger partial charge on any atom is -0.354 e. The maximum Gasteiger partial charge on any atom is 0.242 e. The monoisotopic (exact) mass is 241 g/mol. The predicted molar refractivity (Wildman–Crippen MR) is 66.2 cm³/mol. The molecule has 1 atom stereocenters. The lowest BCUT2D eigenvalue weighted by atomic mass is 9.68. The van der Waals surface area contributed by atoms with E-state index in [2.05, 4.69) is 10.6 Å². The van der Waals surface area contributed by atoms with Crippen LogP contribution in [0.5, 0.6) is 0 Å². The van der Waals surface area contributed by atoms with E-state index in [4.69, 9.17) is 5.73 Å². The molecule has 1 aliphatic carbocycles. The van der Waals surface area contributed by atoms with Gasteiger partial charge in [0.25, 0.3) is 0 Å². The summed E-state index contributed by atoms with van der Waals surface area (Å²) in [5.41, 5.74) is 5.22. The number of amides is 2. The smallest absolute Gasteiger partial charge is 0.242 e. The standard InChI is InChI=1S/C12H23N3O2/c1-3-7-14-10(16)9(2)15-11(17)12(8-13)5-4-6-12/h9H,3-8,13H2,1-2H3,(H,14,16)(H,15,17). The van der Waals surface area contributed by atoms with Gasteiger partial charge in [0, 0.05) is 13.1 Å². The van der Waals surface area contributed by atoms with Crippen molar-refractivity contribution in [2.24, 2.45) is 11.1 Å². The normalized spacial score (nSPS) is 19.0. The van der Waals surface area contributed by atoms with E-state index in [1.807, 2.05) is 6.92 Å². The van der Waals surface area contributed by atoms with Gasteiger partial charge in [0.05, 0.1) is 5.41 Å². The molecule has 0 aromatic rings. The molecule has 5 heteroatoms. The van der Waals surface area contributed by atoms with Crippen LogP contribution >= 0.6 is 0 Å². The topological polar surface area (TPSA) is 84.2 Å². The van der Waals surface area contributed by atoms with Gasteiger partial charge in [-0.1, -0.05) is 13.3 Å². The van der Waals surface area contributed by atoms with Crippen LogP contribution in [-0.2, 0) is 9.59 Å². The van der Waals surface area contributed by atoms with Gasteiger partial charge in [-0.15, -0.1) is 0 Å². The van der Waals surface area contributed by atoms with Gasteiger partial charge in [0.1, 0.15) is 6.04 Å². The van der Waals surface area contributed by atoms with Crippen LogP contribution in [0.15, 0.2) is 0 Å². The molecule has 0 radical (unpaired) electrons. The summed E-state index contributed by atoms with van der Waals surface area (Å²) < 4.78 is 0. The van der Waals surface area contributed by atoms with Crippen molar-refractivity contribution in [3.05, 3.63) is 0 Å². The summed E-state index contributed by atoms with van der Waals surface area (Å²) in [4.78, 5) is 23.6. The second-order valence-corrected chi connectivity index (χ2v) is 4.82. The zero-order chi connectivity index (χ0) is 12.9. The summed E-state index contributed by atoms with van der Waals surface area (Å²) >= 11 is 0. The molecule has 1 fully saturated rings. The van der Waals surface area contributed by atoms with Crippen LogP contribution in [0.1, 0.15) is 39.5 Å². The van der Waals surface area contributed by atoms with E-state index in [1.54, 1.807) is 6.92 Å². The lowest BCUT2D eigenvalue weighted by Crippen LogP contribution is -2.55. The molecule has 1 unspecified atom stereocenters. The van der Waals surface area contributed by atoms with Crippen LogP contribution in [-0.4, -0.2) is 30.9 Å². The Morgan fingerprint density at radius 2 is 2.06 bits per heavy atom. The quantitative estimate of drug-likeness (QED) is 0.618. The Balaban J connectivity index is 2.42. The largest absolute Gasteiger partial charge is 0.354 e. The van der Waals surface area contributed by atoms with Gasteiger partial charge in [0.15, 0.2) is 0 Å². The zero-order valence-electron chi connectivity index (χ0n) is 10.7. The molecule has 0 spiro atoms. The Kier molecular flexibility index (Phi) is 4.93. The average Bonchev–Trinajstić information content (AvgIpc) is 2.24. The SMILES string of the molecule is CCCNC(=O)C(C)NC(=O)C1(CN)CCC1. The third kappa shape index (κ3) is 3.19. The third-order valence-corrected chi connectivity index (χ3v) is 3.47. The first-order valence-corrected chi connectivity index (χ1v) is 6.34. The zero-order valence-corrected chi connectivity index (χ0v) is 10.7. The summed E-state index contributed by atoms with van der Waals surface area (Å²) in [5.74, 6) is -0.211. The molecule has 0 saturated heterocycles. The number of rotatable bonds is 6. The molecule has 0 heterocycles. The Hall–Kier alpha value is -1.10. The van der Waals surface area contributed by atoms with Gasteiger partial charge >= 0.3 is 0 Å². The van der Waals surface area contributed by atoms with Crippen molar-refractivity contribution >= 4 is 11.8 Å². The molecule has 1 aliphatic rings. The summed E-state index contributed by atoms with van der Waals surface area (Å²) in [6.07, 6.45) is 3.59. The molecule has 5 nitrogen and oxygen atoms in total. The van der Waals surface area contributed by atoms with Gasteiger partial charge in [0.2, 0.25) is 11.8 Å². The van der Waals surface area contributed by atoms with Crippen LogP contribution in [0.3, 0.4) is 0 Å². The van der Waals surface area contributed by atoms with Gasteiger partial charge in [-0.3, -0.25) is 9.59 Å². The molecule has 0 bridgehead atoms. The highest BCUT2D eigenvalue weighted by Crippen LogP contribution is 2.40. The van der Waals surface area contributed by atoms with Crippen LogP contribution in [0.2, 0.25) is 0 Å². The first kappa shape index (κ1) is 14.0. The first-order valence-electron chi connectivity index (χ1n) is 6.34. The number of nitrogens with one attached hydrogen (secondary N) is 2. The van der Waals surface area contributed by atoms with Crippen LogP contribution in [0, 0.1) is 5.41 Å². The lowest BCUT2D eigenvalue weighted by molar-refractivity contribution is -0.138. The molecule has 17 heavy (non-hydrogen) atoms. The van der Waals surface area contributed by atoms with E-state index in [0.29, 0.717) is 13.1 Å². The highest BCUT2D eigenvalue weighted by atomic mass is 16.2. The van der Waals surface area contributed by atoms with Crippen LogP contribution < -0.4 is 16.4 Å². The predicted octanol–water partition coefficient (Wildman–Crippen LogP) is 0.146. The molecular formula is C12H23N3O2. The van der Waals surface area contributed by atoms with E-state index in [9.17, 15) is 9.59 Å². The molecule has 0 aromatic heterocycles. The number of hydrogen-bond acceptors (Lipinski definition) is 3. The van der Waals surface area contributed by atoms with Crippen molar-refractivity contribution in [2.75, 3.05) is 13.1 Å². The minimum atomic E-state index is -0.488. The second kappa shape index (κ2) is 6.00. The fraction of sp³-hybridized carbons (Fsp3) is 0.833.